The molecule has 94 valence electrons. The van der Waals surface area contributed by atoms with E-state index in [-0.39, 0.29) is 0 Å². The lowest BCUT2D eigenvalue weighted by Gasteiger charge is -2.09. The molecule has 5 nitrogen and oxygen atoms in total. The first-order valence-electron chi connectivity index (χ1n) is 5.61. The van der Waals surface area contributed by atoms with Gasteiger partial charge < -0.3 is 10.8 Å². The zero-order chi connectivity index (χ0) is 13.3. The third kappa shape index (κ3) is 2.26. The Labute approximate surface area is 105 Å². The molecule has 0 aliphatic rings. The molecule has 1 atom stereocenters. The molecule has 1 heterocycles. The predicted octanol–water partition coefficient (Wildman–Crippen LogP) is 1.57. The smallest absolute Gasteiger partial charge is 0.325 e. The number of rotatable bonds is 3. The number of carboxylic acid groups (broad SMARTS) is 1. The van der Waals surface area contributed by atoms with Crippen LogP contribution in [0, 0.1) is 13.8 Å². The van der Waals surface area contributed by atoms with Gasteiger partial charge in [0, 0.05) is 5.69 Å². The van der Waals surface area contributed by atoms with E-state index in [9.17, 15) is 4.79 Å². The van der Waals surface area contributed by atoms with Crippen LogP contribution in [0.25, 0.3) is 5.69 Å². The Kier molecular flexibility index (Phi) is 3.16. The molecule has 0 fully saturated rings. The van der Waals surface area contributed by atoms with Gasteiger partial charge in [0.1, 0.15) is 6.04 Å². The Balaban J connectivity index is 2.33. The van der Waals surface area contributed by atoms with E-state index in [0.717, 1.165) is 17.1 Å². The molecule has 5 heteroatoms. The van der Waals surface area contributed by atoms with Crippen molar-refractivity contribution in [1.29, 1.82) is 0 Å². The highest BCUT2D eigenvalue weighted by molar-refractivity contribution is 5.75. The molecular formula is C13H15N3O2. The van der Waals surface area contributed by atoms with Crippen LogP contribution >= 0.6 is 0 Å². The normalized spacial score (nSPS) is 12.4. The molecule has 0 aliphatic heterocycles. The quantitative estimate of drug-likeness (QED) is 0.860. The van der Waals surface area contributed by atoms with Crippen molar-refractivity contribution in [3.8, 4) is 5.69 Å². The zero-order valence-corrected chi connectivity index (χ0v) is 10.3. The average Bonchev–Trinajstić information content (AvgIpc) is 2.67. The van der Waals surface area contributed by atoms with E-state index in [1.807, 2.05) is 36.7 Å². The number of hydrogen-bond donors (Lipinski definition) is 2. The molecule has 0 unspecified atom stereocenters. The fourth-order valence-corrected chi connectivity index (χ4v) is 1.86. The average molecular weight is 245 g/mol. The lowest BCUT2D eigenvalue weighted by Crippen LogP contribution is -2.20. The molecule has 0 bridgehead atoms. The summed E-state index contributed by atoms with van der Waals surface area (Å²) in [6.45, 7) is 3.90. The van der Waals surface area contributed by atoms with Gasteiger partial charge >= 0.3 is 5.97 Å². The standard InChI is InChI=1S/C13H15N3O2/c1-8-7-9(2)16(15-8)11-5-3-10(4-6-11)12(14)13(17)18/h3-7,12H,14H2,1-2H3,(H,17,18)/t12-/m0/s1. The summed E-state index contributed by atoms with van der Waals surface area (Å²) in [5.74, 6) is -1.03. The van der Waals surface area contributed by atoms with Crippen molar-refractivity contribution in [2.24, 2.45) is 5.73 Å². The maximum atomic E-state index is 10.8. The molecule has 0 saturated carbocycles. The monoisotopic (exact) mass is 245 g/mol. The van der Waals surface area contributed by atoms with Gasteiger partial charge in [0.05, 0.1) is 11.4 Å². The Hall–Kier alpha value is -2.14. The number of benzene rings is 1. The number of carbonyl (C=O) groups is 1. The molecule has 2 aromatic rings. The maximum Gasteiger partial charge on any atom is 0.325 e. The molecule has 2 rings (SSSR count). The zero-order valence-electron chi connectivity index (χ0n) is 10.3. The highest BCUT2D eigenvalue weighted by Gasteiger charge is 2.14. The van der Waals surface area contributed by atoms with Gasteiger partial charge in [0.2, 0.25) is 0 Å². The van der Waals surface area contributed by atoms with E-state index >= 15 is 0 Å². The van der Waals surface area contributed by atoms with E-state index in [0.29, 0.717) is 5.56 Å². The summed E-state index contributed by atoms with van der Waals surface area (Å²) < 4.78 is 1.81. The summed E-state index contributed by atoms with van der Waals surface area (Å²) in [6, 6.07) is 8.06. The Morgan fingerprint density at radius 2 is 1.94 bits per heavy atom. The van der Waals surface area contributed by atoms with E-state index in [1.165, 1.54) is 0 Å². The molecule has 0 spiro atoms. The van der Waals surface area contributed by atoms with Crippen LogP contribution in [-0.2, 0) is 4.79 Å². The van der Waals surface area contributed by atoms with Gasteiger partial charge in [-0.25, -0.2) is 4.68 Å². The number of aryl methyl sites for hydroxylation is 2. The molecule has 0 radical (unpaired) electrons. The van der Waals surface area contributed by atoms with Gasteiger partial charge in [0.15, 0.2) is 0 Å². The number of nitrogens with zero attached hydrogens (tertiary/aromatic N) is 2. The van der Waals surface area contributed by atoms with E-state index in [2.05, 4.69) is 5.10 Å². The maximum absolute atomic E-state index is 10.8. The summed E-state index contributed by atoms with van der Waals surface area (Å²) in [6.07, 6.45) is 0. The molecule has 0 saturated heterocycles. The third-order valence-electron chi connectivity index (χ3n) is 2.77. The summed E-state index contributed by atoms with van der Waals surface area (Å²) in [4.78, 5) is 10.8. The number of aromatic nitrogens is 2. The minimum Gasteiger partial charge on any atom is -0.480 e. The second-order valence-electron chi connectivity index (χ2n) is 4.25. The number of carboxylic acids is 1. The van der Waals surface area contributed by atoms with Crippen LogP contribution in [0.5, 0.6) is 0 Å². The minimum atomic E-state index is -1.03. The third-order valence-corrected chi connectivity index (χ3v) is 2.77. The predicted molar refractivity (Wildman–Crippen MR) is 67.6 cm³/mol. The SMILES string of the molecule is Cc1cc(C)n(-c2ccc([C@H](N)C(=O)O)cc2)n1. The van der Waals surface area contributed by atoms with E-state index in [4.69, 9.17) is 10.8 Å². The van der Waals surface area contributed by atoms with Crippen molar-refractivity contribution in [2.75, 3.05) is 0 Å². The van der Waals surface area contributed by atoms with Gasteiger partial charge in [0.25, 0.3) is 0 Å². The van der Waals surface area contributed by atoms with Crippen molar-refractivity contribution < 1.29 is 9.90 Å². The number of aliphatic carboxylic acids is 1. The van der Waals surface area contributed by atoms with Crippen LogP contribution < -0.4 is 5.73 Å². The second kappa shape index (κ2) is 4.62. The topological polar surface area (TPSA) is 81.1 Å². The van der Waals surface area contributed by atoms with Crippen molar-refractivity contribution in [3.63, 3.8) is 0 Å². The van der Waals surface area contributed by atoms with Crippen LogP contribution in [-0.4, -0.2) is 20.9 Å². The highest BCUT2D eigenvalue weighted by Crippen LogP contribution is 2.16. The molecule has 1 aromatic carbocycles. The van der Waals surface area contributed by atoms with Gasteiger partial charge in [-0.15, -0.1) is 0 Å². The first-order chi connectivity index (χ1) is 8.49. The minimum absolute atomic E-state index is 0.577. The molecular weight excluding hydrogens is 230 g/mol. The molecule has 1 aromatic heterocycles. The van der Waals surface area contributed by atoms with Crippen LogP contribution in [0.2, 0.25) is 0 Å². The molecule has 0 aliphatic carbocycles. The summed E-state index contributed by atoms with van der Waals surface area (Å²) in [5.41, 5.74) is 8.98. The van der Waals surface area contributed by atoms with Gasteiger partial charge in [-0.1, -0.05) is 12.1 Å². The first-order valence-corrected chi connectivity index (χ1v) is 5.61. The highest BCUT2D eigenvalue weighted by atomic mass is 16.4. The van der Waals surface area contributed by atoms with Crippen molar-refractivity contribution >= 4 is 5.97 Å². The Bertz CT molecular complexity index is 572. The van der Waals surface area contributed by atoms with Crippen molar-refractivity contribution in [3.05, 3.63) is 47.3 Å². The van der Waals surface area contributed by atoms with Gasteiger partial charge in [-0.2, -0.15) is 5.10 Å². The fraction of sp³-hybridized carbons (Fsp3) is 0.231. The van der Waals surface area contributed by atoms with Crippen molar-refractivity contribution in [2.45, 2.75) is 19.9 Å². The summed E-state index contributed by atoms with van der Waals surface area (Å²) in [7, 11) is 0. The largest absolute Gasteiger partial charge is 0.480 e. The second-order valence-corrected chi connectivity index (χ2v) is 4.25. The summed E-state index contributed by atoms with van der Waals surface area (Å²) >= 11 is 0. The van der Waals surface area contributed by atoms with Crippen LogP contribution in [0.3, 0.4) is 0 Å². The molecule has 18 heavy (non-hydrogen) atoms. The van der Waals surface area contributed by atoms with E-state index in [1.54, 1.807) is 12.1 Å². The van der Waals surface area contributed by atoms with E-state index < -0.39 is 12.0 Å². The first kappa shape index (κ1) is 12.3. The van der Waals surface area contributed by atoms with Gasteiger partial charge in [-0.3, -0.25) is 4.79 Å². The Morgan fingerprint density at radius 3 is 2.39 bits per heavy atom. The lowest BCUT2D eigenvalue weighted by molar-refractivity contribution is -0.138. The molecule has 0 amide bonds. The van der Waals surface area contributed by atoms with Crippen LogP contribution in [0.1, 0.15) is 23.0 Å². The molecule has 3 N–H and O–H groups in total. The number of hydrogen-bond acceptors (Lipinski definition) is 3. The van der Waals surface area contributed by atoms with Gasteiger partial charge in [-0.05, 0) is 37.6 Å². The lowest BCUT2D eigenvalue weighted by atomic mass is 10.1. The van der Waals surface area contributed by atoms with Crippen molar-refractivity contribution in [1.82, 2.24) is 9.78 Å². The Morgan fingerprint density at radius 1 is 1.33 bits per heavy atom. The van der Waals surface area contributed by atoms with Crippen LogP contribution in [0.15, 0.2) is 30.3 Å². The van der Waals surface area contributed by atoms with Crippen LogP contribution in [0.4, 0.5) is 0 Å². The fourth-order valence-electron chi connectivity index (χ4n) is 1.86. The summed E-state index contributed by atoms with van der Waals surface area (Å²) in [5, 5.41) is 13.2. The number of nitrogens with two attached hydrogens (primary N) is 1.